The normalized spacial score (nSPS) is 10.9. The number of ether oxygens (including phenoxy) is 1. The summed E-state index contributed by atoms with van der Waals surface area (Å²) < 4.78 is 5.38. The Bertz CT molecular complexity index is 905. The zero-order valence-electron chi connectivity index (χ0n) is 16.2. The minimum Gasteiger partial charge on any atom is -0.487 e. The number of benzene rings is 2. The number of hydrogen-bond donors (Lipinski definition) is 1. The summed E-state index contributed by atoms with van der Waals surface area (Å²) in [6.07, 6.45) is 2.23. The molecule has 0 fully saturated rings. The number of nitrogens with zero attached hydrogens (tertiary/aromatic N) is 2. The van der Waals surface area contributed by atoms with E-state index in [0.29, 0.717) is 17.2 Å². The van der Waals surface area contributed by atoms with Crippen LogP contribution in [0.4, 0.5) is 5.69 Å². The van der Waals surface area contributed by atoms with Crippen LogP contribution in [0.5, 0.6) is 5.75 Å². The molecular formula is C20H22ClN3O4S. The van der Waals surface area contributed by atoms with Crippen LogP contribution in [0, 0.1) is 10.1 Å². The second kappa shape index (κ2) is 11.4. The minimum absolute atomic E-state index is 0.129. The standard InChI is InChI=1S/C20H22ClN3O4S/c1-3-9-28-18-7-5-14(10-17(18)24(26)27)13-22-23-20(25)12-15-11-16(21)6-8-19(15)29-4-2/h5-8,10-11,13H,3-4,9,12H2,1-2H3,(H,23,25)/b22-13-. The monoisotopic (exact) mass is 435 g/mol. The molecule has 0 aliphatic carbocycles. The first-order valence-electron chi connectivity index (χ1n) is 9.09. The quantitative estimate of drug-likeness (QED) is 0.249. The summed E-state index contributed by atoms with van der Waals surface area (Å²) in [5.41, 5.74) is 3.60. The summed E-state index contributed by atoms with van der Waals surface area (Å²) in [5.74, 6) is 0.782. The van der Waals surface area contributed by atoms with Gasteiger partial charge in [0.15, 0.2) is 5.75 Å². The Morgan fingerprint density at radius 3 is 2.79 bits per heavy atom. The number of halogens is 1. The molecule has 154 valence electrons. The molecule has 29 heavy (non-hydrogen) atoms. The van der Waals surface area contributed by atoms with Crippen LogP contribution in [0.1, 0.15) is 31.4 Å². The lowest BCUT2D eigenvalue weighted by atomic mass is 10.1. The number of nitrogens with one attached hydrogen (secondary N) is 1. The summed E-state index contributed by atoms with van der Waals surface area (Å²) in [6.45, 7) is 4.35. The van der Waals surface area contributed by atoms with Gasteiger partial charge in [0.1, 0.15) is 0 Å². The van der Waals surface area contributed by atoms with E-state index < -0.39 is 4.92 Å². The highest BCUT2D eigenvalue weighted by atomic mass is 35.5. The van der Waals surface area contributed by atoms with Crippen LogP contribution in [-0.4, -0.2) is 29.4 Å². The molecule has 0 spiro atoms. The highest BCUT2D eigenvalue weighted by Gasteiger charge is 2.15. The van der Waals surface area contributed by atoms with Crippen LogP contribution in [0.25, 0.3) is 0 Å². The maximum absolute atomic E-state index is 12.2. The van der Waals surface area contributed by atoms with Gasteiger partial charge in [0, 0.05) is 21.5 Å². The van der Waals surface area contributed by atoms with E-state index in [9.17, 15) is 14.9 Å². The molecule has 0 radical (unpaired) electrons. The smallest absolute Gasteiger partial charge is 0.311 e. The van der Waals surface area contributed by atoms with E-state index in [4.69, 9.17) is 16.3 Å². The molecule has 0 saturated carbocycles. The number of nitro groups is 1. The summed E-state index contributed by atoms with van der Waals surface area (Å²) in [7, 11) is 0. The lowest BCUT2D eigenvalue weighted by Gasteiger charge is -2.08. The number of carbonyl (C=O) groups excluding carboxylic acids is 1. The zero-order valence-corrected chi connectivity index (χ0v) is 17.8. The van der Waals surface area contributed by atoms with Gasteiger partial charge in [0.25, 0.3) is 0 Å². The first-order valence-corrected chi connectivity index (χ1v) is 10.4. The third-order valence-electron chi connectivity index (χ3n) is 3.72. The molecule has 7 nitrogen and oxygen atoms in total. The zero-order chi connectivity index (χ0) is 21.2. The van der Waals surface area contributed by atoms with Gasteiger partial charge >= 0.3 is 5.69 Å². The molecule has 0 aliphatic rings. The molecule has 1 N–H and O–H groups in total. The summed E-state index contributed by atoms with van der Waals surface area (Å²) in [6, 6.07) is 9.97. The predicted octanol–water partition coefficient (Wildman–Crippen LogP) is 4.84. The van der Waals surface area contributed by atoms with Gasteiger partial charge in [-0.25, -0.2) is 5.43 Å². The van der Waals surface area contributed by atoms with Gasteiger partial charge in [-0.05, 0) is 48.1 Å². The van der Waals surface area contributed by atoms with Crippen LogP contribution >= 0.6 is 23.4 Å². The van der Waals surface area contributed by atoms with Gasteiger partial charge in [0.2, 0.25) is 5.91 Å². The van der Waals surface area contributed by atoms with E-state index in [0.717, 1.165) is 22.6 Å². The third-order valence-corrected chi connectivity index (χ3v) is 4.95. The molecule has 0 bridgehead atoms. The summed E-state index contributed by atoms with van der Waals surface area (Å²) in [4.78, 5) is 23.9. The van der Waals surface area contributed by atoms with Crippen LogP contribution in [0.15, 0.2) is 46.4 Å². The Morgan fingerprint density at radius 2 is 2.10 bits per heavy atom. The largest absolute Gasteiger partial charge is 0.487 e. The van der Waals surface area contributed by atoms with Gasteiger partial charge in [0.05, 0.1) is 24.2 Å². The number of hydrogen-bond acceptors (Lipinski definition) is 6. The van der Waals surface area contributed by atoms with Gasteiger partial charge < -0.3 is 4.74 Å². The number of rotatable bonds is 10. The van der Waals surface area contributed by atoms with Crippen molar-refractivity contribution in [2.75, 3.05) is 12.4 Å². The van der Waals surface area contributed by atoms with E-state index in [1.807, 2.05) is 19.9 Å². The van der Waals surface area contributed by atoms with Gasteiger partial charge in [-0.1, -0.05) is 25.4 Å². The summed E-state index contributed by atoms with van der Waals surface area (Å²) >= 11 is 7.67. The van der Waals surface area contributed by atoms with Crippen LogP contribution < -0.4 is 10.2 Å². The maximum atomic E-state index is 12.2. The molecule has 0 saturated heterocycles. The van der Waals surface area contributed by atoms with Crippen molar-refractivity contribution in [3.05, 3.63) is 62.7 Å². The van der Waals surface area contributed by atoms with Crippen LogP contribution in [-0.2, 0) is 11.2 Å². The SMILES string of the molecule is CCCOc1ccc(/C=N\NC(=O)Cc2cc(Cl)ccc2SCC)cc1[N+](=O)[O-]. The van der Waals surface area contributed by atoms with Crippen LogP contribution in [0.3, 0.4) is 0 Å². The summed E-state index contributed by atoms with van der Waals surface area (Å²) in [5, 5.41) is 15.7. The topological polar surface area (TPSA) is 93.8 Å². The van der Waals surface area contributed by atoms with E-state index >= 15 is 0 Å². The molecule has 2 aromatic carbocycles. The molecule has 1 amide bonds. The Hall–Kier alpha value is -2.58. The Kier molecular flexibility index (Phi) is 8.95. The second-order valence-electron chi connectivity index (χ2n) is 5.99. The molecular weight excluding hydrogens is 414 g/mol. The fourth-order valence-corrected chi connectivity index (χ4v) is 3.45. The van der Waals surface area contributed by atoms with Gasteiger partial charge in [-0.3, -0.25) is 14.9 Å². The number of hydrazone groups is 1. The van der Waals surface area contributed by atoms with Crippen molar-refractivity contribution in [3.63, 3.8) is 0 Å². The number of amides is 1. The fourth-order valence-electron chi connectivity index (χ4n) is 2.47. The second-order valence-corrected chi connectivity index (χ2v) is 7.73. The number of carbonyl (C=O) groups is 1. The van der Waals surface area contributed by atoms with E-state index in [2.05, 4.69) is 10.5 Å². The fraction of sp³-hybridized carbons (Fsp3) is 0.300. The van der Waals surface area contributed by atoms with Crippen molar-refractivity contribution in [1.29, 1.82) is 0 Å². The molecule has 0 unspecified atom stereocenters. The van der Waals surface area contributed by atoms with Crippen molar-refractivity contribution in [1.82, 2.24) is 5.43 Å². The average Bonchev–Trinajstić information content (AvgIpc) is 2.69. The minimum atomic E-state index is -0.507. The first kappa shape index (κ1) is 22.7. The number of nitro benzene ring substituents is 1. The Morgan fingerprint density at radius 1 is 1.31 bits per heavy atom. The molecule has 0 atom stereocenters. The Labute approximate surface area is 178 Å². The lowest BCUT2D eigenvalue weighted by molar-refractivity contribution is -0.385. The highest BCUT2D eigenvalue weighted by Crippen LogP contribution is 2.28. The third kappa shape index (κ3) is 7.07. The van der Waals surface area contributed by atoms with Crippen molar-refractivity contribution in [2.24, 2.45) is 5.10 Å². The molecule has 0 aromatic heterocycles. The van der Waals surface area contributed by atoms with E-state index in [1.54, 1.807) is 30.0 Å². The number of thioether (sulfide) groups is 1. The Balaban J connectivity index is 2.04. The molecule has 2 rings (SSSR count). The van der Waals surface area contributed by atoms with Gasteiger partial charge in [-0.2, -0.15) is 5.10 Å². The first-order chi connectivity index (χ1) is 13.9. The van der Waals surface area contributed by atoms with Crippen molar-refractivity contribution >= 4 is 41.2 Å². The molecule has 9 heteroatoms. The molecule has 2 aromatic rings. The lowest BCUT2D eigenvalue weighted by Crippen LogP contribution is -2.20. The highest BCUT2D eigenvalue weighted by molar-refractivity contribution is 7.99. The van der Waals surface area contributed by atoms with E-state index in [1.165, 1.54) is 18.3 Å². The van der Waals surface area contributed by atoms with Crippen molar-refractivity contribution in [3.8, 4) is 5.75 Å². The van der Waals surface area contributed by atoms with E-state index in [-0.39, 0.29) is 23.8 Å². The molecule has 0 aliphatic heterocycles. The van der Waals surface area contributed by atoms with Crippen LogP contribution in [0.2, 0.25) is 5.02 Å². The van der Waals surface area contributed by atoms with Gasteiger partial charge in [-0.15, -0.1) is 11.8 Å². The maximum Gasteiger partial charge on any atom is 0.311 e. The molecule has 0 heterocycles. The van der Waals surface area contributed by atoms with Crippen molar-refractivity contribution in [2.45, 2.75) is 31.6 Å². The average molecular weight is 436 g/mol. The van der Waals surface area contributed by atoms with Crippen molar-refractivity contribution < 1.29 is 14.5 Å². The predicted molar refractivity (Wildman–Crippen MR) is 116 cm³/mol.